The van der Waals surface area contributed by atoms with E-state index in [1.165, 1.54) is 32.2 Å². The van der Waals surface area contributed by atoms with Crippen LogP contribution in [0.25, 0.3) is 0 Å². The highest BCUT2D eigenvalue weighted by atomic mass is 16.5. The Bertz CT molecular complexity index is 702. The Morgan fingerprint density at radius 1 is 1.21 bits per heavy atom. The number of benzene rings is 1. The van der Waals surface area contributed by atoms with E-state index in [0.717, 1.165) is 0 Å². The van der Waals surface area contributed by atoms with Crippen molar-refractivity contribution in [1.29, 1.82) is 0 Å². The van der Waals surface area contributed by atoms with Crippen LogP contribution in [0.4, 0.5) is 0 Å². The minimum Gasteiger partial charge on any atom is -0.493 e. The third-order valence-corrected chi connectivity index (χ3v) is 4.12. The number of amides is 2. The number of esters is 1. The van der Waals surface area contributed by atoms with Crippen molar-refractivity contribution in [2.24, 2.45) is 0 Å². The summed E-state index contributed by atoms with van der Waals surface area (Å²) in [4.78, 5) is 37.8. The third-order valence-electron chi connectivity index (χ3n) is 4.12. The zero-order valence-electron chi connectivity index (χ0n) is 16.4. The second-order valence-electron chi connectivity index (χ2n) is 6.09. The minimum atomic E-state index is -0.916. The second kappa shape index (κ2) is 10.5. The molecule has 9 nitrogen and oxygen atoms in total. The van der Waals surface area contributed by atoms with E-state index in [1.807, 2.05) is 0 Å². The molecule has 0 aliphatic carbocycles. The van der Waals surface area contributed by atoms with Crippen LogP contribution in [0.15, 0.2) is 18.2 Å². The standard InChI is InChI=1S/C19H26N2O7/c1-4-20-18(23)13(2)28-19(24)14-5-6-15(16(11-14)25-3)27-12-17(22)21-7-9-26-10-8-21/h5-6,11,13H,4,7-10,12H2,1-3H3,(H,20,23)/t13-/m0/s1. The molecular formula is C19H26N2O7. The maximum absolute atomic E-state index is 12.2. The first-order valence-corrected chi connectivity index (χ1v) is 9.11. The zero-order valence-corrected chi connectivity index (χ0v) is 16.4. The topological polar surface area (TPSA) is 103 Å². The average molecular weight is 394 g/mol. The van der Waals surface area contributed by atoms with Gasteiger partial charge >= 0.3 is 5.97 Å². The van der Waals surface area contributed by atoms with Crippen LogP contribution < -0.4 is 14.8 Å². The summed E-state index contributed by atoms with van der Waals surface area (Å²) >= 11 is 0. The molecular weight excluding hydrogens is 368 g/mol. The average Bonchev–Trinajstić information content (AvgIpc) is 2.72. The summed E-state index contributed by atoms with van der Waals surface area (Å²) in [6.07, 6.45) is -0.916. The van der Waals surface area contributed by atoms with E-state index >= 15 is 0 Å². The second-order valence-corrected chi connectivity index (χ2v) is 6.09. The van der Waals surface area contributed by atoms with Crippen molar-refractivity contribution in [3.8, 4) is 11.5 Å². The van der Waals surface area contributed by atoms with Crippen molar-refractivity contribution >= 4 is 17.8 Å². The molecule has 2 rings (SSSR count). The summed E-state index contributed by atoms with van der Waals surface area (Å²) in [5.41, 5.74) is 0.208. The van der Waals surface area contributed by atoms with Crippen LogP contribution in [0.1, 0.15) is 24.2 Å². The maximum atomic E-state index is 12.2. The van der Waals surface area contributed by atoms with Gasteiger partial charge in [-0.15, -0.1) is 0 Å². The number of rotatable bonds is 8. The van der Waals surface area contributed by atoms with Crippen molar-refractivity contribution < 1.29 is 33.3 Å². The van der Waals surface area contributed by atoms with Crippen LogP contribution in [0.2, 0.25) is 0 Å². The Morgan fingerprint density at radius 3 is 2.57 bits per heavy atom. The fourth-order valence-corrected chi connectivity index (χ4v) is 2.56. The van der Waals surface area contributed by atoms with E-state index in [2.05, 4.69) is 5.32 Å². The number of hydrogen-bond donors (Lipinski definition) is 1. The van der Waals surface area contributed by atoms with Gasteiger partial charge < -0.3 is 29.2 Å². The van der Waals surface area contributed by atoms with Gasteiger partial charge in [-0.2, -0.15) is 0 Å². The van der Waals surface area contributed by atoms with Crippen molar-refractivity contribution in [1.82, 2.24) is 10.2 Å². The Kier molecular flexibility index (Phi) is 8.06. The molecule has 28 heavy (non-hydrogen) atoms. The number of ether oxygens (including phenoxy) is 4. The first kappa shape index (κ1) is 21.5. The fourth-order valence-electron chi connectivity index (χ4n) is 2.56. The maximum Gasteiger partial charge on any atom is 0.339 e. The van der Waals surface area contributed by atoms with Crippen molar-refractivity contribution in [3.63, 3.8) is 0 Å². The largest absolute Gasteiger partial charge is 0.493 e. The molecule has 0 aromatic heterocycles. The molecule has 1 aromatic carbocycles. The normalized spacial score (nSPS) is 14.8. The lowest BCUT2D eigenvalue weighted by Gasteiger charge is -2.26. The lowest BCUT2D eigenvalue weighted by Crippen LogP contribution is -2.43. The van der Waals surface area contributed by atoms with Gasteiger partial charge in [0, 0.05) is 19.6 Å². The van der Waals surface area contributed by atoms with Gasteiger partial charge in [0.15, 0.2) is 24.2 Å². The predicted molar refractivity (Wildman–Crippen MR) is 99.4 cm³/mol. The van der Waals surface area contributed by atoms with E-state index in [1.54, 1.807) is 11.8 Å². The van der Waals surface area contributed by atoms with E-state index in [4.69, 9.17) is 18.9 Å². The van der Waals surface area contributed by atoms with Crippen molar-refractivity contribution in [2.75, 3.05) is 46.6 Å². The zero-order chi connectivity index (χ0) is 20.5. The summed E-state index contributed by atoms with van der Waals surface area (Å²) in [7, 11) is 1.43. The molecule has 154 valence electrons. The van der Waals surface area contributed by atoms with Crippen LogP contribution in [-0.4, -0.2) is 75.4 Å². The molecule has 0 radical (unpaired) electrons. The predicted octanol–water partition coefficient (Wildman–Crippen LogP) is 0.614. The Labute approximate surface area is 163 Å². The van der Waals surface area contributed by atoms with Crippen LogP contribution in [0, 0.1) is 0 Å². The molecule has 1 aliphatic rings. The van der Waals surface area contributed by atoms with E-state index in [-0.39, 0.29) is 29.7 Å². The molecule has 1 aromatic rings. The summed E-state index contributed by atoms with van der Waals surface area (Å²) in [6.45, 7) is 5.68. The third kappa shape index (κ3) is 5.85. The smallest absolute Gasteiger partial charge is 0.339 e. The summed E-state index contributed by atoms with van der Waals surface area (Å²) in [5.74, 6) is -0.561. The molecule has 0 spiro atoms. The number of carbonyl (C=O) groups excluding carboxylic acids is 3. The lowest BCUT2D eigenvalue weighted by atomic mass is 10.2. The first-order chi connectivity index (χ1) is 13.5. The molecule has 1 atom stereocenters. The van der Waals surface area contributed by atoms with Gasteiger partial charge in [0.05, 0.1) is 25.9 Å². The summed E-state index contributed by atoms with van der Waals surface area (Å²) in [5, 5.41) is 2.58. The van der Waals surface area contributed by atoms with Crippen LogP contribution in [-0.2, 0) is 19.1 Å². The molecule has 1 fully saturated rings. The van der Waals surface area contributed by atoms with E-state index in [0.29, 0.717) is 38.6 Å². The van der Waals surface area contributed by atoms with Gasteiger partial charge in [-0.05, 0) is 32.0 Å². The number of hydrogen-bond acceptors (Lipinski definition) is 7. The van der Waals surface area contributed by atoms with Gasteiger partial charge in [0.25, 0.3) is 11.8 Å². The van der Waals surface area contributed by atoms with E-state index < -0.39 is 12.1 Å². The summed E-state index contributed by atoms with van der Waals surface area (Å²) in [6, 6.07) is 4.46. The minimum absolute atomic E-state index is 0.144. The number of carbonyl (C=O) groups is 3. The fraction of sp³-hybridized carbons (Fsp3) is 0.526. The Morgan fingerprint density at radius 2 is 1.93 bits per heavy atom. The number of methoxy groups -OCH3 is 1. The molecule has 1 saturated heterocycles. The number of nitrogens with one attached hydrogen (secondary N) is 1. The molecule has 9 heteroatoms. The molecule has 1 heterocycles. The van der Waals surface area contributed by atoms with Gasteiger partial charge in [-0.1, -0.05) is 0 Å². The number of nitrogens with zero attached hydrogens (tertiary/aromatic N) is 1. The van der Waals surface area contributed by atoms with Crippen molar-refractivity contribution in [2.45, 2.75) is 20.0 Å². The van der Waals surface area contributed by atoms with Crippen molar-refractivity contribution in [3.05, 3.63) is 23.8 Å². The summed E-state index contributed by atoms with van der Waals surface area (Å²) < 4.78 is 21.2. The monoisotopic (exact) mass is 394 g/mol. The highest BCUT2D eigenvalue weighted by molar-refractivity contribution is 5.92. The van der Waals surface area contributed by atoms with Gasteiger partial charge in [0.1, 0.15) is 0 Å². The van der Waals surface area contributed by atoms with Gasteiger partial charge in [-0.3, -0.25) is 9.59 Å². The highest BCUT2D eigenvalue weighted by Crippen LogP contribution is 2.28. The molecule has 2 amide bonds. The van der Waals surface area contributed by atoms with Crippen LogP contribution in [0.5, 0.6) is 11.5 Å². The SMILES string of the molecule is CCNC(=O)[C@H](C)OC(=O)c1ccc(OCC(=O)N2CCOCC2)c(OC)c1. The lowest BCUT2D eigenvalue weighted by molar-refractivity contribution is -0.137. The van der Waals surface area contributed by atoms with Gasteiger partial charge in [0.2, 0.25) is 0 Å². The van der Waals surface area contributed by atoms with E-state index in [9.17, 15) is 14.4 Å². The molecule has 0 saturated carbocycles. The molecule has 0 unspecified atom stereocenters. The quantitative estimate of drug-likeness (QED) is 0.645. The molecule has 0 bridgehead atoms. The van der Waals surface area contributed by atoms with Crippen LogP contribution >= 0.6 is 0 Å². The van der Waals surface area contributed by atoms with Gasteiger partial charge in [-0.25, -0.2) is 4.79 Å². The highest BCUT2D eigenvalue weighted by Gasteiger charge is 2.21. The number of likely N-dealkylation sites (N-methyl/N-ethyl adjacent to an activating group) is 1. The van der Waals surface area contributed by atoms with Crippen LogP contribution in [0.3, 0.4) is 0 Å². The molecule has 1 N–H and O–H groups in total. The first-order valence-electron chi connectivity index (χ1n) is 9.11. The Hall–Kier alpha value is -2.81. The number of morpholine rings is 1. The Balaban J connectivity index is 1.97. The molecule has 1 aliphatic heterocycles.